The molecule has 3 aromatic rings. The van der Waals surface area contributed by atoms with Gasteiger partial charge >= 0.3 is 6.18 Å². The zero-order chi connectivity index (χ0) is 27.1. The molecule has 6 nitrogen and oxygen atoms in total. The Morgan fingerprint density at radius 3 is 2.46 bits per heavy atom. The van der Waals surface area contributed by atoms with Crippen LogP contribution >= 0.6 is 0 Å². The summed E-state index contributed by atoms with van der Waals surface area (Å²) < 4.78 is 73.7. The minimum absolute atomic E-state index is 0.0467. The Morgan fingerprint density at radius 2 is 1.81 bits per heavy atom. The lowest BCUT2D eigenvalue weighted by molar-refractivity contribution is -0.137. The summed E-state index contributed by atoms with van der Waals surface area (Å²) in [6, 6.07) is 15.3. The van der Waals surface area contributed by atoms with Crippen molar-refractivity contribution in [2.45, 2.75) is 67.5 Å². The fourth-order valence-corrected chi connectivity index (χ4v) is 6.35. The van der Waals surface area contributed by atoms with Gasteiger partial charge in [0.2, 0.25) is 0 Å². The van der Waals surface area contributed by atoms with Gasteiger partial charge in [0.1, 0.15) is 6.10 Å². The summed E-state index contributed by atoms with van der Waals surface area (Å²) in [6.07, 6.45) is -5.11. The van der Waals surface area contributed by atoms with Crippen molar-refractivity contribution in [2.75, 3.05) is 13.2 Å². The summed E-state index contributed by atoms with van der Waals surface area (Å²) in [5.74, 6) is 0. The number of hydrogen-bond donors (Lipinski definition) is 1. The van der Waals surface area contributed by atoms with Crippen LogP contribution in [0.1, 0.15) is 62.2 Å². The molecule has 0 saturated carbocycles. The molecule has 1 aliphatic rings. The van der Waals surface area contributed by atoms with Crippen LogP contribution in [0.2, 0.25) is 0 Å². The fraction of sp³-hybridized carbons (Fsp3) is 0.444. The highest BCUT2D eigenvalue weighted by Gasteiger charge is 2.46. The number of halogens is 3. The van der Waals surface area contributed by atoms with Crippen LogP contribution < -0.4 is 0 Å². The first-order chi connectivity index (χ1) is 17.3. The van der Waals surface area contributed by atoms with Gasteiger partial charge in [-0.2, -0.15) is 18.3 Å². The molecule has 10 heteroatoms. The largest absolute Gasteiger partial charge is 0.416 e. The second kappa shape index (κ2) is 9.89. The van der Waals surface area contributed by atoms with Gasteiger partial charge in [-0.15, -0.1) is 0 Å². The molecule has 37 heavy (non-hydrogen) atoms. The van der Waals surface area contributed by atoms with Gasteiger partial charge in [-0.05, 0) is 49.6 Å². The first-order valence-electron chi connectivity index (χ1n) is 12.0. The molecule has 200 valence electrons. The van der Waals surface area contributed by atoms with Crippen molar-refractivity contribution < 1.29 is 31.4 Å². The van der Waals surface area contributed by atoms with Crippen molar-refractivity contribution in [1.29, 1.82) is 0 Å². The molecule has 2 heterocycles. The van der Waals surface area contributed by atoms with Crippen molar-refractivity contribution >= 4 is 9.84 Å². The van der Waals surface area contributed by atoms with E-state index in [0.717, 1.165) is 17.7 Å². The van der Waals surface area contributed by atoms with Crippen molar-refractivity contribution in [1.82, 2.24) is 9.78 Å². The summed E-state index contributed by atoms with van der Waals surface area (Å²) >= 11 is 0. The van der Waals surface area contributed by atoms with Crippen molar-refractivity contribution in [3.05, 3.63) is 83.2 Å². The SMILES string of the molecule is CC(C)(CO)c1cc(C2CC(C)(S(=O)(=O)c3cccc(C(F)(F)F)c3)CCO2)n(Cc2ccccc2)n1. The van der Waals surface area contributed by atoms with Crippen LogP contribution in [0.3, 0.4) is 0 Å². The van der Waals surface area contributed by atoms with Crippen LogP contribution in [0.15, 0.2) is 65.6 Å². The molecule has 0 bridgehead atoms. The first kappa shape index (κ1) is 27.3. The van der Waals surface area contributed by atoms with Crippen LogP contribution in [0.25, 0.3) is 0 Å². The average molecular weight is 537 g/mol. The van der Waals surface area contributed by atoms with E-state index in [1.54, 1.807) is 11.6 Å². The number of benzene rings is 2. The number of rotatable bonds is 7. The molecular formula is C27H31F3N2O4S. The number of ether oxygens (including phenoxy) is 1. The topological polar surface area (TPSA) is 81.4 Å². The maximum atomic E-state index is 13.7. The Labute approximate surface area is 215 Å². The van der Waals surface area contributed by atoms with Gasteiger partial charge in [-0.1, -0.05) is 50.2 Å². The van der Waals surface area contributed by atoms with Crippen LogP contribution in [-0.2, 0) is 32.7 Å². The van der Waals surface area contributed by atoms with Crippen molar-refractivity contribution in [3.8, 4) is 0 Å². The lowest BCUT2D eigenvalue weighted by Crippen LogP contribution is -2.42. The Morgan fingerprint density at radius 1 is 1.11 bits per heavy atom. The van der Waals surface area contributed by atoms with Gasteiger partial charge in [0, 0.05) is 12.0 Å². The molecule has 2 aromatic carbocycles. The molecule has 0 spiro atoms. The molecule has 1 aliphatic heterocycles. The molecule has 1 saturated heterocycles. The summed E-state index contributed by atoms with van der Waals surface area (Å²) in [5, 5.41) is 14.6. The van der Waals surface area contributed by atoms with Crippen LogP contribution in [-0.4, -0.2) is 41.3 Å². The molecular weight excluding hydrogens is 505 g/mol. The predicted molar refractivity (Wildman–Crippen MR) is 133 cm³/mol. The number of hydrogen-bond acceptors (Lipinski definition) is 5. The molecule has 4 rings (SSSR count). The van der Waals surface area contributed by atoms with Crippen LogP contribution in [0.4, 0.5) is 13.2 Å². The Kier molecular flexibility index (Phi) is 7.31. The molecule has 0 aliphatic carbocycles. The Balaban J connectivity index is 1.71. The van der Waals surface area contributed by atoms with E-state index in [1.807, 2.05) is 50.2 Å². The highest BCUT2D eigenvalue weighted by molar-refractivity contribution is 7.92. The molecule has 0 radical (unpaired) electrons. The lowest BCUT2D eigenvalue weighted by Gasteiger charge is -2.37. The third-order valence-corrected chi connectivity index (χ3v) is 9.64. The van der Waals surface area contributed by atoms with Crippen molar-refractivity contribution in [3.63, 3.8) is 0 Å². The number of aliphatic hydroxyl groups is 1. The van der Waals surface area contributed by atoms with E-state index in [2.05, 4.69) is 0 Å². The second-order valence-electron chi connectivity index (χ2n) is 10.4. The molecule has 1 N–H and O–H groups in total. The predicted octanol–water partition coefficient (Wildman–Crippen LogP) is 5.30. The van der Waals surface area contributed by atoms with E-state index in [0.29, 0.717) is 24.0 Å². The third-order valence-electron chi connectivity index (χ3n) is 7.09. The van der Waals surface area contributed by atoms with E-state index in [-0.39, 0.29) is 31.0 Å². The van der Waals surface area contributed by atoms with Gasteiger partial charge in [-0.25, -0.2) is 8.42 Å². The summed E-state index contributed by atoms with van der Waals surface area (Å²) in [6.45, 7) is 5.67. The minimum Gasteiger partial charge on any atom is -0.395 e. The fourth-order valence-electron chi connectivity index (χ4n) is 4.51. The Hall–Kier alpha value is -2.69. The lowest BCUT2D eigenvalue weighted by atomic mass is 9.89. The number of alkyl halides is 3. The molecule has 1 aromatic heterocycles. The third kappa shape index (κ3) is 5.46. The zero-order valence-electron chi connectivity index (χ0n) is 21.0. The van der Waals surface area contributed by atoms with Gasteiger partial charge in [-0.3, -0.25) is 4.68 Å². The monoisotopic (exact) mass is 536 g/mol. The zero-order valence-corrected chi connectivity index (χ0v) is 21.8. The summed E-state index contributed by atoms with van der Waals surface area (Å²) in [4.78, 5) is -0.356. The Bertz CT molecular complexity index is 1350. The van der Waals surface area contributed by atoms with E-state index in [9.17, 15) is 26.7 Å². The number of aliphatic hydroxyl groups excluding tert-OH is 1. The molecule has 1 fully saturated rings. The first-order valence-corrected chi connectivity index (χ1v) is 13.5. The molecule has 0 amide bonds. The smallest absolute Gasteiger partial charge is 0.395 e. The van der Waals surface area contributed by atoms with E-state index in [4.69, 9.17) is 9.84 Å². The maximum absolute atomic E-state index is 13.7. The number of sulfone groups is 1. The molecule has 2 unspecified atom stereocenters. The summed E-state index contributed by atoms with van der Waals surface area (Å²) in [5.41, 5.74) is 0.634. The minimum atomic E-state index is -4.65. The standard InChI is InChI=1S/C27H31F3N2O4S/c1-25(2,18-33)24-15-22(32(31-24)17-19-8-5-4-6-9-19)23-16-26(3,12-13-36-23)37(34,35)21-11-7-10-20(14-21)27(28,29)30/h4-11,14-15,23,33H,12-13,16-18H2,1-3H3. The highest BCUT2D eigenvalue weighted by Crippen LogP contribution is 2.43. The average Bonchev–Trinajstić information content (AvgIpc) is 3.29. The van der Waals surface area contributed by atoms with E-state index < -0.39 is 37.8 Å². The number of nitrogens with zero attached hydrogens (tertiary/aromatic N) is 2. The normalized spacial score (nSPS) is 21.2. The van der Waals surface area contributed by atoms with Gasteiger partial charge in [0.25, 0.3) is 0 Å². The highest BCUT2D eigenvalue weighted by atomic mass is 32.2. The van der Waals surface area contributed by atoms with E-state index in [1.165, 1.54) is 6.07 Å². The number of aromatic nitrogens is 2. The van der Waals surface area contributed by atoms with Gasteiger partial charge in [0.05, 0.1) is 39.7 Å². The second-order valence-corrected chi connectivity index (χ2v) is 12.9. The summed E-state index contributed by atoms with van der Waals surface area (Å²) in [7, 11) is -4.13. The van der Waals surface area contributed by atoms with Crippen molar-refractivity contribution in [2.24, 2.45) is 0 Å². The molecule has 2 atom stereocenters. The quantitative estimate of drug-likeness (QED) is 0.443. The van der Waals surface area contributed by atoms with Gasteiger partial charge in [0.15, 0.2) is 9.84 Å². The van der Waals surface area contributed by atoms with Crippen LogP contribution in [0, 0.1) is 0 Å². The van der Waals surface area contributed by atoms with E-state index >= 15 is 0 Å². The van der Waals surface area contributed by atoms with Gasteiger partial charge < -0.3 is 9.84 Å². The van der Waals surface area contributed by atoms with Crippen LogP contribution in [0.5, 0.6) is 0 Å². The maximum Gasteiger partial charge on any atom is 0.416 e.